The second kappa shape index (κ2) is 5.10. The highest BCUT2D eigenvalue weighted by atomic mass is 16.5. The van der Waals surface area contributed by atoms with Gasteiger partial charge in [-0.2, -0.15) is 0 Å². The summed E-state index contributed by atoms with van der Waals surface area (Å²) >= 11 is 0. The second-order valence-corrected chi connectivity index (χ2v) is 5.29. The molecule has 0 bridgehead atoms. The van der Waals surface area contributed by atoms with E-state index in [1.807, 2.05) is 6.07 Å². The number of nitrogens with one attached hydrogen (secondary N) is 1. The van der Waals surface area contributed by atoms with E-state index in [1.54, 1.807) is 7.11 Å². The van der Waals surface area contributed by atoms with Gasteiger partial charge in [0, 0.05) is 30.2 Å². The maximum absolute atomic E-state index is 5.32. The van der Waals surface area contributed by atoms with Crippen LogP contribution in [0.2, 0.25) is 0 Å². The monoisotopic (exact) mass is 256 g/mol. The lowest BCUT2D eigenvalue weighted by atomic mass is 10.0. The molecule has 0 fully saturated rings. The Morgan fingerprint density at radius 1 is 1.37 bits per heavy atom. The molecule has 2 aromatic rings. The van der Waals surface area contributed by atoms with Gasteiger partial charge in [0.25, 0.3) is 0 Å². The number of benzene rings is 1. The molecular weight excluding hydrogens is 236 g/mol. The first-order valence-electron chi connectivity index (χ1n) is 6.77. The Hall–Kier alpha value is -1.74. The quantitative estimate of drug-likeness (QED) is 0.855. The second-order valence-electron chi connectivity index (χ2n) is 5.29. The van der Waals surface area contributed by atoms with Gasteiger partial charge in [-0.15, -0.1) is 0 Å². The lowest BCUT2D eigenvalue weighted by molar-refractivity contribution is 0.352. The standard InChI is InChI=1S/C16H20N2O/c1-18-7-3-4-12(11-18)8-13-10-17-16-6-5-14(19-2)9-15(13)16/h4-6,9-10,17H,3,7-8,11H2,1-2H3. The van der Waals surface area contributed by atoms with Crippen LogP contribution in [-0.2, 0) is 6.42 Å². The van der Waals surface area contributed by atoms with E-state index >= 15 is 0 Å². The van der Waals surface area contributed by atoms with Crippen molar-refractivity contribution in [3.05, 3.63) is 41.6 Å². The van der Waals surface area contributed by atoms with Gasteiger partial charge in [0.2, 0.25) is 0 Å². The van der Waals surface area contributed by atoms with E-state index < -0.39 is 0 Å². The molecule has 100 valence electrons. The number of aromatic amines is 1. The highest BCUT2D eigenvalue weighted by Gasteiger charge is 2.11. The number of H-pyrrole nitrogens is 1. The van der Waals surface area contributed by atoms with Crippen molar-refractivity contribution in [2.45, 2.75) is 12.8 Å². The van der Waals surface area contributed by atoms with Gasteiger partial charge in [0.05, 0.1) is 7.11 Å². The predicted octanol–water partition coefficient (Wildman–Crippen LogP) is 2.98. The lowest BCUT2D eigenvalue weighted by Gasteiger charge is -2.22. The van der Waals surface area contributed by atoms with Crippen LogP contribution in [0.5, 0.6) is 5.75 Å². The van der Waals surface area contributed by atoms with E-state index in [0.29, 0.717) is 0 Å². The molecule has 0 spiro atoms. The Kier molecular flexibility index (Phi) is 3.30. The number of likely N-dealkylation sites (N-methyl/N-ethyl adjacent to an activating group) is 1. The summed E-state index contributed by atoms with van der Waals surface area (Å²) in [6, 6.07) is 6.20. The Morgan fingerprint density at radius 2 is 2.26 bits per heavy atom. The third-order valence-corrected chi connectivity index (χ3v) is 3.81. The average Bonchev–Trinajstić information content (AvgIpc) is 2.81. The van der Waals surface area contributed by atoms with Crippen molar-refractivity contribution >= 4 is 10.9 Å². The molecule has 0 amide bonds. The number of fused-ring (bicyclic) bond motifs is 1. The molecular formula is C16H20N2O. The van der Waals surface area contributed by atoms with Crippen LogP contribution in [0.15, 0.2) is 36.0 Å². The molecule has 19 heavy (non-hydrogen) atoms. The smallest absolute Gasteiger partial charge is 0.119 e. The summed E-state index contributed by atoms with van der Waals surface area (Å²) in [4.78, 5) is 5.72. The van der Waals surface area contributed by atoms with Gasteiger partial charge in [0.15, 0.2) is 0 Å². The van der Waals surface area contributed by atoms with Gasteiger partial charge in [-0.25, -0.2) is 0 Å². The zero-order valence-electron chi connectivity index (χ0n) is 11.6. The van der Waals surface area contributed by atoms with Crippen LogP contribution >= 0.6 is 0 Å². The van der Waals surface area contributed by atoms with Crippen LogP contribution in [0.3, 0.4) is 0 Å². The van der Waals surface area contributed by atoms with Crippen LogP contribution in [-0.4, -0.2) is 37.1 Å². The molecule has 1 aliphatic rings. The Bertz CT molecular complexity index is 612. The summed E-state index contributed by atoms with van der Waals surface area (Å²) < 4.78 is 5.32. The molecule has 0 atom stereocenters. The highest BCUT2D eigenvalue weighted by Crippen LogP contribution is 2.26. The first kappa shape index (κ1) is 12.3. The van der Waals surface area contributed by atoms with Crippen molar-refractivity contribution in [3.63, 3.8) is 0 Å². The Balaban J connectivity index is 1.90. The molecule has 3 heteroatoms. The molecule has 0 unspecified atom stereocenters. The van der Waals surface area contributed by atoms with Crippen molar-refractivity contribution in [3.8, 4) is 5.75 Å². The Labute approximate surface area is 113 Å². The number of methoxy groups -OCH3 is 1. The SMILES string of the molecule is COc1ccc2[nH]cc(CC3=CCCN(C)C3)c2c1. The number of hydrogen-bond acceptors (Lipinski definition) is 2. The molecule has 3 nitrogen and oxygen atoms in total. The molecule has 0 aliphatic carbocycles. The van der Waals surface area contributed by atoms with E-state index in [0.717, 1.165) is 25.1 Å². The number of hydrogen-bond donors (Lipinski definition) is 1. The number of ether oxygens (including phenoxy) is 1. The fourth-order valence-electron chi connectivity index (χ4n) is 2.78. The van der Waals surface area contributed by atoms with Crippen molar-refractivity contribution in [2.75, 3.05) is 27.2 Å². The van der Waals surface area contributed by atoms with E-state index in [2.05, 4.69) is 41.3 Å². The van der Waals surface area contributed by atoms with E-state index in [1.165, 1.54) is 28.6 Å². The van der Waals surface area contributed by atoms with Gasteiger partial charge < -0.3 is 14.6 Å². The summed E-state index contributed by atoms with van der Waals surface area (Å²) in [5.41, 5.74) is 4.05. The predicted molar refractivity (Wildman–Crippen MR) is 78.8 cm³/mol. The van der Waals surface area contributed by atoms with E-state index in [4.69, 9.17) is 4.74 Å². The minimum Gasteiger partial charge on any atom is -0.497 e. The fraction of sp³-hybridized carbons (Fsp3) is 0.375. The van der Waals surface area contributed by atoms with Crippen molar-refractivity contribution in [1.29, 1.82) is 0 Å². The third kappa shape index (κ3) is 2.51. The van der Waals surface area contributed by atoms with Gasteiger partial charge in [-0.05, 0) is 43.7 Å². The van der Waals surface area contributed by atoms with Crippen LogP contribution in [0.4, 0.5) is 0 Å². The first-order valence-corrected chi connectivity index (χ1v) is 6.77. The van der Waals surface area contributed by atoms with Crippen LogP contribution in [0, 0.1) is 0 Å². The molecule has 1 aromatic heterocycles. The summed E-state index contributed by atoms with van der Waals surface area (Å²) in [7, 11) is 3.90. The van der Waals surface area contributed by atoms with Crippen LogP contribution in [0.25, 0.3) is 10.9 Å². The maximum atomic E-state index is 5.32. The van der Waals surface area contributed by atoms with Crippen LogP contribution < -0.4 is 4.74 Å². The number of aromatic nitrogens is 1. The van der Waals surface area contributed by atoms with Gasteiger partial charge >= 0.3 is 0 Å². The highest BCUT2D eigenvalue weighted by molar-refractivity contribution is 5.84. The Morgan fingerprint density at radius 3 is 3.05 bits per heavy atom. The van der Waals surface area contributed by atoms with Gasteiger partial charge in [-0.3, -0.25) is 0 Å². The zero-order valence-corrected chi connectivity index (χ0v) is 11.6. The van der Waals surface area contributed by atoms with E-state index in [9.17, 15) is 0 Å². The summed E-state index contributed by atoms with van der Waals surface area (Å²) in [5, 5.41) is 1.27. The molecule has 0 saturated heterocycles. The molecule has 1 aliphatic heterocycles. The summed E-state index contributed by atoms with van der Waals surface area (Å²) in [6.45, 7) is 2.25. The number of nitrogens with zero attached hydrogens (tertiary/aromatic N) is 1. The molecule has 1 N–H and O–H groups in total. The molecule has 0 saturated carbocycles. The normalized spacial score (nSPS) is 16.6. The topological polar surface area (TPSA) is 28.3 Å². The molecule has 3 rings (SSSR count). The summed E-state index contributed by atoms with van der Waals surface area (Å²) in [5.74, 6) is 0.920. The van der Waals surface area contributed by atoms with Crippen LogP contribution in [0.1, 0.15) is 12.0 Å². The average molecular weight is 256 g/mol. The van der Waals surface area contributed by atoms with Crippen molar-refractivity contribution in [2.24, 2.45) is 0 Å². The van der Waals surface area contributed by atoms with Gasteiger partial charge in [0.1, 0.15) is 5.75 Å². The zero-order chi connectivity index (χ0) is 13.2. The molecule has 2 heterocycles. The van der Waals surface area contributed by atoms with Crippen molar-refractivity contribution < 1.29 is 4.74 Å². The molecule has 0 radical (unpaired) electrons. The van der Waals surface area contributed by atoms with E-state index in [-0.39, 0.29) is 0 Å². The van der Waals surface area contributed by atoms with Gasteiger partial charge in [-0.1, -0.05) is 11.6 Å². The number of rotatable bonds is 3. The molecule has 1 aromatic carbocycles. The summed E-state index contributed by atoms with van der Waals surface area (Å²) in [6.07, 6.45) is 6.70. The largest absolute Gasteiger partial charge is 0.497 e. The van der Waals surface area contributed by atoms with Crippen molar-refractivity contribution in [1.82, 2.24) is 9.88 Å². The third-order valence-electron chi connectivity index (χ3n) is 3.81. The maximum Gasteiger partial charge on any atom is 0.119 e. The fourth-order valence-corrected chi connectivity index (χ4v) is 2.78. The lowest BCUT2D eigenvalue weighted by Crippen LogP contribution is -2.26. The minimum absolute atomic E-state index is 0.920. The minimum atomic E-state index is 0.920. The first-order chi connectivity index (χ1) is 9.26.